The van der Waals surface area contributed by atoms with Crippen molar-refractivity contribution in [2.24, 2.45) is 0 Å². The van der Waals surface area contributed by atoms with E-state index in [4.69, 9.17) is 0 Å². The SMILES string of the molecule is CC(=O)c1cnc(N2CC[C@@](O)(c3ccccc3C)C2)nc1C. The van der Waals surface area contributed by atoms with Crippen LogP contribution in [0.2, 0.25) is 0 Å². The first-order chi connectivity index (χ1) is 10.9. The van der Waals surface area contributed by atoms with Crippen molar-refractivity contribution in [2.45, 2.75) is 32.8 Å². The second-order valence-electron chi connectivity index (χ2n) is 6.24. The summed E-state index contributed by atoms with van der Waals surface area (Å²) in [4.78, 5) is 22.2. The highest BCUT2D eigenvalue weighted by atomic mass is 16.3. The number of hydrogen-bond acceptors (Lipinski definition) is 5. The molecule has 2 aromatic rings. The van der Waals surface area contributed by atoms with Crippen LogP contribution in [0.3, 0.4) is 0 Å². The van der Waals surface area contributed by atoms with Crippen molar-refractivity contribution in [1.82, 2.24) is 9.97 Å². The van der Waals surface area contributed by atoms with Gasteiger partial charge >= 0.3 is 0 Å². The summed E-state index contributed by atoms with van der Waals surface area (Å²) in [5.41, 5.74) is 2.37. The van der Waals surface area contributed by atoms with Crippen LogP contribution in [0.5, 0.6) is 0 Å². The molecule has 2 heterocycles. The number of aryl methyl sites for hydroxylation is 2. The number of benzene rings is 1. The summed E-state index contributed by atoms with van der Waals surface area (Å²) in [6.45, 7) is 6.47. The van der Waals surface area contributed by atoms with Crippen LogP contribution in [0.15, 0.2) is 30.5 Å². The van der Waals surface area contributed by atoms with Crippen molar-refractivity contribution in [3.8, 4) is 0 Å². The predicted molar refractivity (Wildman–Crippen MR) is 88.7 cm³/mol. The summed E-state index contributed by atoms with van der Waals surface area (Å²) in [5, 5.41) is 11.0. The van der Waals surface area contributed by atoms with Gasteiger partial charge in [-0.05, 0) is 38.3 Å². The molecular weight excluding hydrogens is 290 g/mol. The Bertz CT molecular complexity index is 760. The van der Waals surface area contributed by atoms with Crippen LogP contribution in [0.1, 0.15) is 40.5 Å². The summed E-state index contributed by atoms with van der Waals surface area (Å²) >= 11 is 0. The fourth-order valence-electron chi connectivity index (χ4n) is 3.23. The molecule has 1 aromatic heterocycles. The zero-order chi connectivity index (χ0) is 16.6. The van der Waals surface area contributed by atoms with Crippen molar-refractivity contribution in [3.05, 3.63) is 52.8 Å². The standard InChI is InChI=1S/C18H21N3O2/c1-12-6-4-5-7-16(12)18(23)8-9-21(11-18)17-19-10-15(14(3)22)13(2)20-17/h4-7,10,23H,8-9,11H2,1-3H3/t18-/m0/s1. The lowest BCUT2D eigenvalue weighted by atomic mass is 9.89. The summed E-state index contributed by atoms with van der Waals surface area (Å²) in [6.07, 6.45) is 2.21. The first-order valence-corrected chi connectivity index (χ1v) is 7.79. The second-order valence-corrected chi connectivity index (χ2v) is 6.24. The zero-order valence-electron chi connectivity index (χ0n) is 13.7. The number of ketones is 1. The van der Waals surface area contributed by atoms with Gasteiger partial charge in [0.1, 0.15) is 5.60 Å². The fraction of sp³-hybridized carbons (Fsp3) is 0.389. The number of Topliss-reactive ketones (excluding diaryl/α,β-unsaturated/α-hetero) is 1. The van der Waals surface area contributed by atoms with Gasteiger partial charge in [0.05, 0.1) is 17.8 Å². The van der Waals surface area contributed by atoms with E-state index in [0.717, 1.165) is 11.1 Å². The topological polar surface area (TPSA) is 66.3 Å². The summed E-state index contributed by atoms with van der Waals surface area (Å²) < 4.78 is 0. The van der Waals surface area contributed by atoms with Gasteiger partial charge in [-0.2, -0.15) is 0 Å². The minimum Gasteiger partial charge on any atom is -0.383 e. The highest BCUT2D eigenvalue weighted by Crippen LogP contribution is 2.35. The van der Waals surface area contributed by atoms with E-state index in [1.54, 1.807) is 6.20 Å². The van der Waals surface area contributed by atoms with Crippen molar-refractivity contribution < 1.29 is 9.90 Å². The van der Waals surface area contributed by atoms with E-state index >= 15 is 0 Å². The molecule has 5 nitrogen and oxygen atoms in total. The number of anilines is 1. The molecule has 23 heavy (non-hydrogen) atoms. The monoisotopic (exact) mass is 311 g/mol. The molecule has 5 heteroatoms. The van der Waals surface area contributed by atoms with Gasteiger partial charge in [-0.1, -0.05) is 24.3 Å². The largest absolute Gasteiger partial charge is 0.383 e. The van der Waals surface area contributed by atoms with Gasteiger partial charge in [0.2, 0.25) is 5.95 Å². The quantitative estimate of drug-likeness (QED) is 0.882. The maximum atomic E-state index is 11.5. The van der Waals surface area contributed by atoms with Gasteiger partial charge < -0.3 is 10.0 Å². The molecule has 1 N–H and O–H groups in total. The van der Waals surface area contributed by atoms with Crippen LogP contribution < -0.4 is 4.90 Å². The number of β-amino-alcohol motifs (C(OH)–C–C–N with tert-alkyl or cyclic N) is 1. The van der Waals surface area contributed by atoms with Crippen molar-refractivity contribution in [1.29, 1.82) is 0 Å². The number of rotatable bonds is 3. The lowest BCUT2D eigenvalue weighted by molar-refractivity contribution is 0.0599. The number of carbonyl (C=O) groups is 1. The summed E-state index contributed by atoms with van der Waals surface area (Å²) in [7, 11) is 0. The zero-order valence-corrected chi connectivity index (χ0v) is 13.7. The maximum absolute atomic E-state index is 11.5. The average molecular weight is 311 g/mol. The second kappa shape index (κ2) is 5.74. The highest BCUT2D eigenvalue weighted by molar-refractivity contribution is 5.94. The molecule has 0 saturated carbocycles. The van der Waals surface area contributed by atoms with Gasteiger partial charge in [-0.3, -0.25) is 4.79 Å². The lowest BCUT2D eigenvalue weighted by Crippen LogP contribution is -2.32. The summed E-state index contributed by atoms with van der Waals surface area (Å²) in [5.74, 6) is 0.531. The third kappa shape index (κ3) is 2.84. The van der Waals surface area contributed by atoms with Crippen LogP contribution in [0.25, 0.3) is 0 Å². The Hall–Kier alpha value is -2.27. The smallest absolute Gasteiger partial charge is 0.225 e. The molecule has 120 valence electrons. The van der Waals surface area contributed by atoms with Crippen LogP contribution in [-0.2, 0) is 5.60 Å². The van der Waals surface area contributed by atoms with Crippen LogP contribution >= 0.6 is 0 Å². The Morgan fingerprint density at radius 1 is 1.30 bits per heavy atom. The van der Waals surface area contributed by atoms with Crippen LogP contribution in [0, 0.1) is 13.8 Å². The first kappa shape index (κ1) is 15.6. The van der Waals surface area contributed by atoms with E-state index in [2.05, 4.69) is 9.97 Å². The Morgan fingerprint density at radius 3 is 2.70 bits per heavy atom. The third-order valence-corrected chi connectivity index (χ3v) is 4.52. The number of aromatic nitrogens is 2. The molecule has 0 amide bonds. The minimum atomic E-state index is -0.887. The molecule has 3 rings (SSSR count). The summed E-state index contributed by atoms with van der Waals surface area (Å²) in [6, 6.07) is 7.91. The van der Waals surface area contributed by atoms with E-state index in [1.807, 2.05) is 43.0 Å². The van der Waals surface area contributed by atoms with E-state index in [1.165, 1.54) is 6.92 Å². The van der Waals surface area contributed by atoms with Crippen molar-refractivity contribution >= 4 is 11.7 Å². The lowest BCUT2D eigenvalue weighted by Gasteiger charge is -2.25. The Morgan fingerprint density at radius 2 is 2.04 bits per heavy atom. The number of nitrogens with zero attached hydrogens (tertiary/aromatic N) is 3. The van der Waals surface area contributed by atoms with Gasteiger partial charge in [-0.15, -0.1) is 0 Å². The van der Waals surface area contributed by atoms with Crippen molar-refractivity contribution in [2.75, 3.05) is 18.0 Å². The number of carbonyl (C=O) groups excluding carboxylic acids is 1. The third-order valence-electron chi connectivity index (χ3n) is 4.52. The van der Waals surface area contributed by atoms with Gasteiger partial charge in [-0.25, -0.2) is 9.97 Å². The molecule has 0 aliphatic carbocycles. The van der Waals surface area contributed by atoms with Gasteiger partial charge in [0, 0.05) is 12.7 Å². The molecular formula is C18H21N3O2. The molecule has 1 fully saturated rings. The average Bonchev–Trinajstić information content (AvgIpc) is 2.90. The Balaban J connectivity index is 1.87. The Labute approximate surface area is 136 Å². The molecule has 0 unspecified atom stereocenters. The highest BCUT2D eigenvalue weighted by Gasteiger charge is 2.39. The molecule has 1 aliphatic rings. The molecule has 0 bridgehead atoms. The fourth-order valence-corrected chi connectivity index (χ4v) is 3.23. The van der Waals surface area contributed by atoms with Gasteiger partial charge in [0.15, 0.2) is 5.78 Å². The normalized spacial score (nSPS) is 20.8. The van der Waals surface area contributed by atoms with E-state index in [-0.39, 0.29) is 5.78 Å². The first-order valence-electron chi connectivity index (χ1n) is 7.79. The van der Waals surface area contributed by atoms with E-state index in [9.17, 15) is 9.90 Å². The van der Waals surface area contributed by atoms with Crippen LogP contribution in [-0.4, -0.2) is 33.9 Å². The molecule has 1 saturated heterocycles. The predicted octanol–water partition coefficient (Wildman–Crippen LogP) is 2.39. The Kier molecular flexibility index (Phi) is 3.90. The molecule has 1 aliphatic heterocycles. The van der Waals surface area contributed by atoms with Crippen molar-refractivity contribution in [3.63, 3.8) is 0 Å². The minimum absolute atomic E-state index is 0.0353. The van der Waals surface area contributed by atoms with E-state index in [0.29, 0.717) is 36.7 Å². The molecule has 0 spiro atoms. The molecule has 0 radical (unpaired) electrons. The maximum Gasteiger partial charge on any atom is 0.225 e. The molecule has 1 aromatic carbocycles. The van der Waals surface area contributed by atoms with Gasteiger partial charge in [0.25, 0.3) is 0 Å². The van der Waals surface area contributed by atoms with Crippen LogP contribution in [0.4, 0.5) is 5.95 Å². The number of aliphatic hydroxyl groups is 1. The molecule has 1 atom stereocenters. The number of hydrogen-bond donors (Lipinski definition) is 1. The van der Waals surface area contributed by atoms with E-state index < -0.39 is 5.60 Å².